The molecule has 1 aliphatic rings. The van der Waals surface area contributed by atoms with Gasteiger partial charge in [0.15, 0.2) is 0 Å². The van der Waals surface area contributed by atoms with Gasteiger partial charge in [-0.2, -0.15) is 0 Å². The highest BCUT2D eigenvalue weighted by Gasteiger charge is 2.36. The average molecular weight is 755 g/mol. The second-order valence-electron chi connectivity index (χ2n) is 16.0. The predicted molar refractivity (Wildman–Crippen MR) is 251 cm³/mol. The Bertz CT molecular complexity index is 3130. The summed E-state index contributed by atoms with van der Waals surface area (Å²) in [5.74, 6) is 0. The topological polar surface area (TPSA) is 36.2 Å². The summed E-state index contributed by atoms with van der Waals surface area (Å²) in [5, 5.41) is 14.1. The largest absolute Gasteiger partial charge is 0.300 e. The molecule has 1 aliphatic carbocycles. The fourth-order valence-electron chi connectivity index (χ4n) is 8.83. The van der Waals surface area contributed by atoms with Gasteiger partial charge < -0.3 is 5.41 Å². The molecule has 2 heteroatoms. The van der Waals surface area contributed by atoms with Crippen molar-refractivity contribution in [3.63, 3.8) is 0 Å². The number of nitrogens with one attached hydrogen (secondary N) is 1. The lowest BCUT2D eigenvalue weighted by Crippen LogP contribution is -2.15. The van der Waals surface area contributed by atoms with Gasteiger partial charge in [-0.25, -0.2) is 0 Å². The highest BCUT2D eigenvalue weighted by Crippen LogP contribution is 2.51. The van der Waals surface area contributed by atoms with Gasteiger partial charge in [0, 0.05) is 22.8 Å². The van der Waals surface area contributed by atoms with E-state index < -0.39 is 0 Å². The molecule has 0 fully saturated rings. The first kappa shape index (κ1) is 36.0. The van der Waals surface area contributed by atoms with E-state index in [4.69, 9.17) is 4.99 Å². The predicted octanol–water partition coefficient (Wildman–Crippen LogP) is 14.8. The summed E-state index contributed by atoms with van der Waals surface area (Å²) in [6.45, 7) is 4.71. The van der Waals surface area contributed by atoms with Crippen LogP contribution in [0.2, 0.25) is 0 Å². The van der Waals surface area contributed by atoms with E-state index in [1.807, 2.05) is 73.0 Å². The van der Waals surface area contributed by atoms with Crippen molar-refractivity contribution in [2.45, 2.75) is 19.3 Å². The molecule has 0 saturated heterocycles. The van der Waals surface area contributed by atoms with Crippen LogP contribution >= 0.6 is 0 Å². The molecule has 0 aliphatic heterocycles. The maximum Gasteiger partial charge on any atom is 0.0729 e. The second kappa shape index (κ2) is 14.8. The summed E-state index contributed by atoms with van der Waals surface area (Å²) in [6, 6.07) is 71.0. The summed E-state index contributed by atoms with van der Waals surface area (Å²) in [7, 11) is 0. The van der Waals surface area contributed by atoms with E-state index in [2.05, 4.69) is 153 Å². The number of aliphatic imine (C=N–C) groups is 1. The molecule has 59 heavy (non-hydrogen) atoms. The molecule has 0 radical (unpaired) electrons. The van der Waals surface area contributed by atoms with Crippen molar-refractivity contribution >= 4 is 39.2 Å². The van der Waals surface area contributed by atoms with Gasteiger partial charge in [0.25, 0.3) is 0 Å². The Hall–Kier alpha value is -7.42. The lowest BCUT2D eigenvalue weighted by molar-refractivity contribution is 0.661. The van der Waals surface area contributed by atoms with Gasteiger partial charge in [-0.05, 0) is 119 Å². The molecule has 2 nitrogen and oxygen atoms in total. The Balaban J connectivity index is 1.04. The first-order valence-corrected chi connectivity index (χ1v) is 20.3. The number of hydrogen-bond acceptors (Lipinski definition) is 2. The molecule has 9 aromatic rings. The summed E-state index contributed by atoms with van der Waals surface area (Å²) in [4.78, 5) is 5.08. The van der Waals surface area contributed by atoms with Crippen molar-refractivity contribution in [3.05, 3.63) is 234 Å². The molecule has 0 amide bonds. The number of hydrogen-bond donors (Lipinski definition) is 1. The van der Waals surface area contributed by atoms with Crippen molar-refractivity contribution in [1.29, 1.82) is 5.41 Å². The standard InChI is InChI=1S/C57H42N2/c1-57(2)53-35-44(27-28-50(53)52-33-42-19-9-10-20-43(42)34-54(52)57)41-22-13-23-45(31-41)47-29-30-51(49-26-12-11-25-48(47)49)56(59-37-38-15-5-3-6-16-38)36-55(58)46-24-14-21-40(32-46)39-17-7-4-8-18-39/h3-37,58H,1-2H3/b56-36-,58-55?,59-37?. The zero-order valence-electron chi connectivity index (χ0n) is 33.2. The molecule has 10 rings (SSSR count). The molecule has 0 aromatic heterocycles. The molecule has 0 spiro atoms. The fourth-order valence-corrected chi connectivity index (χ4v) is 8.83. The molecule has 0 atom stereocenters. The minimum absolute atomic E-state index is 0.108. The van der Waals surface area contributed by atoms with Crippen LogP contribution in [0.4, 0.5) is 0 Å². The van der Waals surface area contributed by atoms with Crippen LogP contribution in [0.5, 0.6) is 0 Å². The first-order valence-electron chi connectivity index (χ1n) is 20.3. The summed E-state index contributed by atoms with van der Waals surface area (Å²) in [5.41, 5.74) is 16.2. The van der Waals surface area contributed by atoms with Gasteiger partial charge in [0.2, 0.25) is 0 Å². The SMILES string of the molecule is CC1(C)c2cc(-c3cccc(-c4ccc(/C(=C/C(=N)c5cccc(-c6ccccc6)c5)N=Cc5ccccc5)c5ccccc45)c3)ccc2-c2cc3ccccc3cc21. The Morgan fingerprint density at radius 1 is 0.458 bits per heavy atom. The van der Waals surface area contributed by atoms with Crippen molar-refractivity contribution in [3.8, 4) is 44.5 Å². The molecule has 0 unspecified atom stereocenters. The molecular weight excluding hydrogens is 713 g/mol. The maximum absolute atomic E-state index is 9.33. The monoisotopic (exact) mass is 754 g/mol. The quantitative estimate of drug-likeness (QED) is 0.150. The van der Waals surface area contributed by atoms with Crippen LogP contribution in [0.25, 0.3) is 71.7 Å². The summed E-state index contributed by atoms with van der Waals surface area (Å²) in [6.07, 6.45) is 3.80. The second-order valence-corrected chi connectivity index (χ2v) is 16.0. The van der Waals surface area contributed by atoms with E-state index in [0.29, 0.717) is 5.71 Å². The van der Waals surface area contributed by atoms with Gasteiger partial charge in [-0.3, -0.25) is 4.99 Å². The maximum atomic E-state index is 9.33. The van der Waals surface area contributed by atoms with Crippen LogP contribution in [-0.2, 0) is 5.41 Å². The van der Waals surface area contributed by atoms with E-state index in [-0.39, 0.29) is 5.41 Å². The Labute approximate surface area is 346 Å². The molecule has 0 heterocycles. The van der Waals surface area contributed by atoms with Crippen LogP contribution in [0, 0.1) is 5.41 Å². The zero-order valence-corrected chi connectivity index (χ0v) is 33.2. The summed E-state index contributed by atoms with van der Waals surface area (Å²) >= 11 is 0. The Kier molecular flexibility index (Phi) is 9.03. The van der Waals surface area contributed by atoms with Gasteiger partial charge in [-0.15, -0.1) is 0 Å². The van der Waals surface area contributed by atoms with E-state index in [1.54, 1.807) is 0 Å². The van der Waals surface area contributed by atoms with Gasteiger partial charge in [-0.1, -0.05) is 184 Å². The normalized spacial score (nSPS) is 13.2. The fraction of sp³-hybridized carbons (Fsp3) is 0.0526. The molecule has 0 saturated carbocycles. The van der Waals surface area contributed by atoms with Crippen LogP contribution in [0.15, 0.2) is 211 Å². The van der Waals surface area contributed by atoms with E-state index in [0.717, 1.165) is 55.4 Å². The molecule has 9 aromatic carbocycles. The molecule has 1 N–H and O–H groups in total. The van der Waals surface area contributed by atoms with Gasteiger partial charge in [0.1, 0.15) is 0 Å². The number of fused-ring (bicyclic) bond motifs is 5. The number of benzene rings is 9. The summed E-state index contributed by atoms with van der Waals surface area (Å²) < 4.78 is 0. The minimum Gasteiger partial charge on any atom is -0.300 e. The third kappa shape index (κ3) is 6.69. The number of nitrogens with zero attached hydrogens (tertiary/aromatic N) is 1. The molecule has 0 bridgehead atoms. The van der Waals surface area contributed by atoms with Crippen molar-refractivity contribution in [2.24, 2.45) is 4.99 Å². The van der Waals surface area contributed by atoms with Gasteiger partial charge in [0.05, 0.1) is 11.4 Å². The molecule has 280 valence electrons. The highest BCUT2D eigenvalue weighted by molar-refractivity contribution is 6.13. The van der Waals surface area contributed by atoms with Gasteiger partial charge >= 0.3 is 0 Å². The average Bonchev–Trinajstić information content (AvgIpc) is 3.51. The number of allylic oxidation sites excluding steroid dienone is 1. The minimum atomic E-state index is -0.108. The van der Waals surface area contributed by atoms with Crippen molar-refractivity contribution < 1.29 is 0 Å². The third-order valence-electron chi connectivity index (χ3n) is 12.0. The zero-order chi connectivity index (χ0) is 39.9. The van der Waals surface area contributed by atoms with Crippen molar-refractivity contribution in [2.75, 3.05) is 0 Å². The van der Waals surface area contributed by atoms with Crippen LogP contribution in [0.1, 0.15) is 41.7 Å². The highest BCUT2D eigenvalue weighted by atomic mass is 14.7. The van der Waals surface area contributed by atoms with Crippen LogP contribution in [-0.4, -0.2) is 11.9 Å². The third-order valence-corrected chi connectivity index (χ3v) is 12.0. The van der Waals surface area contributed by atoms with E-state index in [1.165, 1.54) is 44.2 Å². The first-order chi connectivity index (χ1) is 28.9. The Morgan fingerprint density at radius 3 is 1.85 bits per heavy atom. The van der Waals surface area contributed by atoms with E-state index in [9.17, 15) is 5.41 Å². The van der Waals surface area contributed by atoms with E-state index >= 15 is 0 Å². The van der Waals surface area contributed by atoms with Crippen LogP contribution in [0.3, 0.4) is 0 Å². The number of rotatable bonds is 8. The smallest absolute Gasteiger partial charge is 0.0729 e. The van der Waals surface area contributed by atoms with Crippen molar-refractivity contribution in [1.82, 2.24) is 0 Å². The van der Waals surface area contributed by atoms with Crippen LogP contribution < -0.4 is 0 Å². The molecular formula is C57H42N2. The lowest BCUT2D eigenvalue weighted by atomic mass is 9.81. The Morgan fingerprint density at radius 2 is 1.05 bits per heavy atom. The lowest BCUT2D eigenvalue weighted by Gasteiger charge is -2.22.